The van der Waals surface area contributed by atoms with Crippen LogP contribution in [0.2, 0.25) is 0 Å². The molecule has 2 rings (SSSR count). The van der Waals surface area contributed by atoms with Gasteiger partial charge in [0.2, 0.25) is 11.8 Å². The summed E-state index contributed by atoms with van der Waals surface area (Å²) in [7, 11) is 0. The van der Waals surface area contributed by atoms with Crippen molar-refractivity contribution in [2.24, 2.45) is 11.8 Å². The molecule has 0 radical (unpaired) electrons. The summed E-state index contributed by atoms with van der Waals surface area (Å²) in [5.74, 6) is -2.56. The molecule has 3 nitrogen and oxygen atoms in total. The SMILES string of the molecule is O=C(NCC1CC(O)C1)C1CCC(F)(F)CC1. The minimum Gasteiger partial charge on any atom is -0.393 e. The van der Waals surface area contributed by atoms with Crippen LogP contribution in [0.1, 0.15) is 38.5 Å². The number of aliphatic hydroxyl groups excluding tert-OH is 1. The number of carbonyl (C=O) groups is 1. The molecule has 0 atom stereocenters. The van der Waals surface area contributed by atoms with Crippen molar-refractivity contribution < 1.29 is 18.7 Å². The van der Waals surface area contributed by atoms with Gasteiger partial charge in [-0.05, 0) is 31.6 Å². The van der Waals surface area contributed by atoms with Gasteiger partial charge in [0.05, 0.1) is 6.10 Å². The first-order chi connectivity index (χ1) is 7.96. The normalized spacial score (nSPS) is 32.9. The molecule has 0 aliphatic heterocycles. The quantitative estimate of drug-likeness (QED) is 0.797. The van der Waals surface area contributed by atoms with Crippen LogP contribution in [0.5, 0.6) is 0 Å². The van der Waals surface area contributed by atoms with Crippen LogP contribution in [-0.4, -0.2) is 29.6 Å². The average Bonchev–Trinajstić information content (AvgIpc) is 2.22. The third-order valence-electron chi connectivity index (χ3n) is 3.86. The minimum absolute atomic E-state index is 0.0955. The zero-order chi connectivity index (χ0) is 12.5. The van der Waals surface area contributed by atoms with Crippen molar-refractivity contribution in [3.63, 3.8) is 0 Å². The molecule has 0 spiro atoms. The number of alkyl halides is 2. The fourth-order valence-corrected chi connectivity index (χ4v) is 2.56. The van der Waals surface area contributed by atoms with E-state index in [2.05, 4.69) is 5.32 Å². The van der Waals surface area contributed by atoms with E-state index in [1.165, 1.54) is 0 Å². The van der Waals surface area contributed by atoms with Gasteiger partial charge in [-0.25, -0.2) is 8.78 Å². The van der Waals surface area contributed by atoms with Gasteiger partial charge in [0.1, 0.15) is 0 Å². The summed E-state index contributed by atoms with van der Waals surface area (Å²) in [6.45, 7) is 0.572. The summed E-state index contributed by atoms with van der Waals surface area (Å²) < 4.78 is 25.8. The standard InChI is InChI=1S/C12H19F2NO2/c13-12(14)3-1-9(2-4-12)11(17)15-7-8-5-10(16)6-8/h8-10,16H,1-7H2,(H,15,17). The number of aliphatic hydroxyl groups is 1. The van der Waals surface area contributed by atoms with Gasteiger partial charge >= 0.3 is 0 Å². The summed E-state index contributed by atoms with van der Waals surface area (Å²) in [4.78, 5) is 11.7. The lowest BCUT2D eigenvalue weighted by Crippen LogP contribution is -2.42. The third-order valence-corrected chi connectivity index (χ3v) is 3.86. The first-order valence-corrected chi connectivity index (χ1v) is 6.30. The van der Waals surface area contributed by atoms with E-state index in [1.807, 2.05) is 0 Å². The monoisotopic (exact) mass is 247 g/mol. The van der Waals surface area contributed by atoms with Crippen LogP contribution in [-0.2, 0) is 4.79 Å². The van der Waals surface area contributed by atoms with Crippen molar-refractivity contribution in [3.8, 4) is 0 Å². The van der Waals surface area contributed by atoms with Crippen LogP contribution in [0.3, 0.4) is 0 Å². The van der Waals surface area contributed by atoms with Crippen LogP contribution in [0.15, 0.2) is 0 Å². The lowest BCUT2D eigenvalue weighted by Gasteiger charge is -2.32. The molecule has 0 unspecified atom stereocenters. The molecule has 2 N–H and O–H groups in total. The van der Waals surface area contributed by atoms with Gasteiger partial charge < -0.3 is 10.4 Å². The molecule has 2 saturated carbocycles. The summed E-state index contributed by atoms with van der Waals surface area (Å²) in [5.41, 5.74) is 0. The number of amides is 1. The Morgan fingerprint density at radius 3 is 2.41 bits per heavy atom. The Labute approximate surface area is 99.6 Å². The topological polar surface area (TPSA) is 49.3 Å². The molecule has 0 aromatic rings. The van der Waals surface area contributed by atoms with Crippen molar-refractivity contribution >= 4 is 5.91 Å². The Bertz CT molecular complexity index is 280. The average molecular weight is 247 g/mol. The number of hydrogen-bond donors (Lipinski definition) is 2. The highest BCUT2D eigenvalue weighted by Gasteiger charge is 2.37. The zero-order valence-corrected chi connectivity index (χ0v) is 9.79. The second-order valence-corrected chi connectivity index (χ2v) is 5.37. The van der Waals surface area contributed by atoms with E-state index in [-0.39, 0.29) is 43.6 Å². The maximum atomic E-state index is 12.9. The molecule has 17 heavy (non-hydrogen) atoms. The second-order valence-electron chi connectivity index (χ2n) is 5.37. The van der Waals surface area contributed by atoms with E-state index in [4.69, 9.17) is 5.11 Å². The Hall–Kier alpha value is -0.710. The number of carbonyl (C=O) groups excluding carboxylic acids is 1. The van der Waals surface area contributed by atoms with E-state index >= 15 is 0 Å². The molecule has 5 heteroatoms. The van der Waals surface area contributed by atoms with Crippen LogP contribution >= 0.6 is 0 Å². The van der Waals surface area contributed by atoms with E-state index in [0.717, 1.165) is 12.8 Å². The van der Waals surface area contributed by atoms with E-state index in [1.54, 1.807) is 0 Å². The van der Waals surface area contributed by atoms with Crippen molar-refractivity contribution in [2.45, 2.75) is 50.6 Å². The number of halogens is 2. The van der Waals surface area contributed by atoms with E-state index in [0.29, 0.717) is 12.5 Å². The number of hydrogen-bond acceptors (Lipinski definition) is 2. The van der Waals surface area contributed by atoms with E-state index in [9.17, 15) is 13.6 Å². The fraction of sp³-hybridized carbons (Fsp3) is 0.917. The third kappa shape index (κ3) is 3.37. The van der Waals surface area contributed by atoms with Gasteiger partial charge in [0.25, 0.3) is 0 Å². The van der Waals surface area contributed by atoms with Crippen molar-refractivity contribution in [1.82, 2.24) is 5.32 Å². The summed E-state index contributed by atoms with van der Waals surface area (Å²) in [6, 6.07) is 0. The Morgan fingerprint density at radius 2 is 1.88 bits per heavy atom. The minimum atomic E-state index is -2.57. The van der Waals surface area contributed by atoms with Gasteiger partial charge in [-0.15, -0.1) is 0 Å². The molecule has 2 aliphatic rings. The maximum Gasteiger partial charge on any atom is 0.248 e. The van der Waals surface area contributed by atoms with Crippen LogP contribution in [0.4, 0.5) is 8.78 Å². The molecule has 98 valence electrons. The molecule has 0 bridgehead atoms. The van der Waals surface area contributed by atoms with Crippen LogP contribution in [0, 0.1) is 11.8 Å². The van der Waals surface area contributed by atoms with E-state index < -0.39 is 5.92 Å². The predicted molar refractivity (Wildman–Crippen MR) is 58.6 cm³/mol. The Kier molecular flexibility index (Phi) is 3.66. The lowest BCUT2D eigenvalue weighted by molar-refractivity contribution is -0.129. The molecular weight excluding hydrogens is 228 g/mol. The van der Waals surface area contributed by atoms with Gasteiger partial charge in [-0.3, -0.25) is 4.79 Å². The second kappa shape index (κ2) is 4.88. The summed E-state index contributed by atoms with van der Waals surface area (Å²) >= 11 is 0. The first-order valence-electron chi connectivity index (χ1n) is 6.30. The summed E-state index contributed by atoms with van der Waals surface area (Å²) in [6.07, 6.45) is 1.48. The van der Waals surface area contributed by atoms with Gasteiger partial charge in [-0.1, -0.05) is 0 Å². The molecule has 0 saturated heterocycles. The highest BCUT2D eigenvalue weighted by atomic mass is 19.3. The lowest BCUT2D eigenvalue weighted by atomic mass is 9.82. The predicted octanol–water partition coefficient (Wildman–Crippen LogP) is 1.70. The molecule has 2 aliphatic carbocycles. The molecule has 0 aromatic heterocycles. The van der Waals surface area contributed by atoms with Crippen molar-refractivity contribution in [3.05, 3.63) is 0 Å². The number of nitrogens with one attached hydrogen (secondary N) is 1. The highest BCUT2D eigenvalue weighted by molar-refractivity contribution is 5.78. The number of rotatable bonds is 3. The summed E-state index contributed by atoms with van der Waals surface area (Å²) in [5, 5.41) is 11.9. The Morgan fingerprint density at radius 1 is 1.29 bits per heavy atom. The molecular formula is C12H19F2NO2. The molecule has 0 aromatic carbocycles. The largest absolute Gasteiger partial charge is 0.393 e. The van der Waals surface area contributed by atoms with Crippen molar-refractivity contribution in [2.75, 3.05) is 6.54 Å². The van der Waals surface area contributed by atoms with Gasteiger partial charge in [0, 0.05) is 25.3 Å². The van der Waals surface area contributed by atoms with Crippen LogP contribution in [0.25, 0.3) is 0 Å². The smallest absolute Gasteiger partial charge is 0.248 e. The first kappa shape index (κ1) is 12.7. The molecule has 2 fully saturated rings. The van der Waals surface area contributed by atoms with Gasteiger partial charge in [-0.2, -0.15) is 0 Å². The van der Waals surface area contributed by atoms with Gasteiger partial charge in [0.15, 0.2) is 0 Å². The zero-order valence-electron chi connectivity index (χ0n) is 9.79. The maximum absolute atomic E-state index is 12.9. The highest BCUT2D eigenvalue weighted by Crippen LogP contribution is 2.36. The fourth-order valence-electron chi connectivity index (χ4n) is 2.56. The Balaban J connectivity index is 1.66. The van der Waals surface area contributed by atoms with Crippen molar-refractivity contribution in [1.29, 1.82) is 0 Å². The molecule has 0 heterocycles. The van der Waals surface area contributed by atoms with Crippen LogP contribution < -0.4 is 5.32 Å². The molecule has 1 amide bonds.